The number of quaternary nitrogens is 1. The van der Waals surface area contributed by atoms with E-state index in [0.717, 1.165) is 38.8 Å². The highest BCUT2D eigenvalue weighted by atomic mass is 16.4. The highest BCUT2D eigenvalue weighted by molar-refractivity contribution is 5.76. The fraction of sp³-hybridized carbons (Fsp3) is 0.900. The maximum Gasteiger partial charge on any atom is 0.359 e. The number of aliphatic carboxylic acids is 1. The van der Waals surface area contributed by atoms with Crippen LogP contribution in [0.3, 0.4) is 0 Å². The lowest BCUT2D eigenvalue weighted by atomic mass is 10.0. The first kappa shape index (κ1) is 21.9. The van der Waals surface area contributed by atoms with Crippen molar-refractivity contribution in [2.75, 3.05) is 26.7 Å². The van der Waals surface area contributed by atoms with Crippen molar-refractivity contribution < 1.29 is 19.2 Å². The fourth-order valence-corrected chi connectivity index (χ4v) is 3.72. The molecule has 0 bridgehead atoms. The maximum atomic E-state index is 12.0. The smallest absolute Gasteiger partial charge is 0.359 e. The summed E-state index contributed by atoms with van der Waals surface area (Å²) in [6.45, 7) is 4.08. The van der Waals surface area contributed by atoms with Gasteiger partial charge < -0.3 is 14.9 Å². The van der Waals surface area contributed by atoms with Crippen LogP contribution in [0.4, 0.5) is 0 Å². The van der Waals surface area contributed by atoms with Crippen LogP contribution < -0.4 is 5.32 Å². The average molecular weight is 356 g/mol. The van der Waals surface area contributed by atoms with Crippen molar-refractivity contribution in [1.82, 2.24) is 5.32 Å². The molecular formula is C20H39N2O3+. The molecule has 0 unspecified atom stereocenters. The summed E-state index contributed by atoms with van der Waals surface area (Å²) in [5.41, 5.74) is 0. The summed E-state index contributed by atoms with van der Waals surface area (Å²) >= 11 is 0. The molecule has 1 aliphatic rings. The molecule has 0 aliphatic carbocycles. The Morgan fingerprint density at radius 1 is 0.960 bits per heavy atom. The van der Waals surface area contributed by atoms with Crippen LogP contribution in [0.15, 0.2) is 0 Å². The third kappa shape index (κ3) is 10.5. The van der Waals surface area contributed by atoms with Gasteiger partial charge in [0, 0.05) is 25.3 Å². The monoisotopic (exact) mass is 355 g/mol. The van der Waals surface area contributed by atoms with Gasteiger partial charge in [0.05, 0.1) is 20.1 Å². The van der Waals surface area contributed by atoms with Gasteiger partial charge in [-0.05, 0) is 6.42 Å². The summed E-state index contributed by atoms with van der Waals surface area (Å²) in [6.07, 6.45) is 13.8. The second-order valence-electron chi connectivity index (χ2n) is 8.04. The number of piperidine rings is 1. The Bertz CT molecular complexity index is 390. The van der Waals surface area contributed by atoms with E-state index in [4.69, 9.17) is 5.11 Å². The van der Waals surface area contributed by atoms with Crippen LogP contribution in [0.1, 0.15) is 84.0 Å². The summed E-state index contributed by atoms with van der Waals surface area (Å²) < 4.78 is 0.583. The van der Waals surface area contributed by atoms with Gasteiger partial charge in [0.2, 0.25) is 5.91 Å². The zero-order valence-electron chi connectivity index (χ0n) is 16.4. The predicted molar refractivity (Wildman–Crippen MR) is 101 cm³/mol. The molecule has 0 aromatic rings. The molecule has 0 aromatic carbocycles. The van der Waals surface area contributed by atoms with Crippen LogP contribution in [0, 0.1) is 0 Å². The van der Waals surface area contributed by atoms with Gasteiger partial charge in [0.1, 0.15) is 0 Å². The topological polar surface area (TPSA) is 66.4 Å². The Balaban J connectivity index is 2.01. The molecule has 2 N–H and O–H groups in total. The van der Waals surface area contributed by atoms with Crippen molar-refractivity contribution in [3.63, 3.8) is 0 Å². The summed E-state index contributed by atoms with van der Waals surface area (Å²) in [4.78, 5) is 23.0. The van der Waals surface area contributed by atoms with Crippen molar-refractivity contribution in [2.45, 2.75) is 90.0 Å². The van der Waals surface area contributed by atoms with Gasteiger partial charge in [-0.1, -0.05) is 58.3 Å². The molecule has 1 saturated heterocycles. The number of carbonyl (C=O) groups excluding carboxylic acids is 1. The lowest BCUT2D eigenvalue weighted by Crippen LogP contribution is -2.56. The molecule has 0 spiro atoms. The van der Waals surface area contributed by atoms with Crippen LogP contribution >= 0.6 is 0 Å². The molecule has 1 aliphatic heterocycles. The normalized spacial score (nSPS) is 23.4. The van der Waals surface area contributed by atoms with Gasteiger partial charge in [-0.25, -0.2) is 4.79 Å². The number of amides is 1. The van der Waals surface area contributed by atoms with Crippen molar-refractivity contribution in [1.29, 1.82) is 0 Å². The molecule has 0 aromatic heterocycles. The zero-order valence-corrected chi connectivity index (χ0v) is 16.4. The van der Waals surface area contributed by atoms with Gasteiger partial charge in [0.25, 0.3) is 0 Å². The van der Waals surface area contributed by atoms with E-state index in [2.05, 4.69) is 12.2 Å². The molecule has 0 saturated carbocycles. The number of unbranched alkanes of at least 4 members (excludes halogenated alkanes) is 8. The SMILES string of the molecule is CCCCCCCCCCCC(=O)NC1CC[N+](C)(CC(=O)O)CC1. The number of carbonyl (C=O) groups is 2. The van der Waals surface area contributed by atoms with E-state index >= 15 is 0 Å². The minimum absolute atomic E-state index is 0.169. The van der Waals surface area contributed by atoms with Crippen LogP contribution in [-0.4, -0.2) is 54.2 Å². The molecule has 146 valence electrons. The number of nitrogens with zero attached hydrogens (tertiary/aromatic N) is 1. The van der Waals surface area contributed by atoms with Gasteiger partial charge in [-0.3, -0.25) is 4.79 Å². The van der Waals surface area contributed by atoms with Crippen molar-refractivity contribution in [3.05, 3.63) is 0 Å². The molecule has 1 rings (SSSR count). The quantitative estimate of drug-likeness (QED) is 0.391. The number of likely N-dealkylation sites (tertiary alicyclic amines) is 1. The maximum absolute atomic E-state index is 12.0. The van der Waals surface area contributed by atoms with E-state index in [-0.39, 0.29) is 18.5 Å². The van der Waals surface area contributed by atoms with E-state index in [0.29, 0.717) is 10.9 Å². The standard InChI is InChI=1S/C20H38N2O3/c1-3-4-5-6-7-8-9-10-11-12-19(23)21-18-13-15-22(2,16-14-18)17-20(24)25/h18H,3-17H2,1-2H3,(H-,21,23,24,25)/p+1. The lowest BCUT2D eigenvalue weighted by molar-refractivity contribution is -0.907. The predicted octanol–water partition coefficient (Wildman–Crippen LogP) is 3.72. The number of likely N-dealkylation sites (N-methyl/N-ethyl adjacent to an activating group) is 1. The largest absolute Gasteiger partial charge is 0.477 e. The Morgan fingerprint density at radius 2 is 1.48 bits per heavy atom. The van der Waals surface area contributed by atoms with Crippen LogP contribution in [0.5, 0.6) is 0 Å². The molecule has 0 atom stereocenters. The summed E-state index contributed by atoms with van der Waals surface area (Å²) in [7, 11) is 1.99. The van der Waals surface area contributed by atoms with E-state index in [9.17, 15) is 9.59 Å². The number of carboxylic acid groups (broad SMARTS) is 1. The molecule has 5 heteroatoms. The van der Waals surface area contributed by atoms with Gasteiger partial charge in [-0.15, -0.1) is 0 Å². The minimum Gasteiger partial charge on any atom is -0.477 e. The molecule has 25 heavy (non-hydrogen) atoms. The second kappa shape index (κ2) is 12.3. The minimum atomic E-state index is -0.740. The van der Waals surface area contributed by atoms with Crippen LogP contribution in [0.25, 0.3) is 0 Å². The van der Waals surface area contributed by atoms with Crippen LogP contribution in [-0.2, 0) is 9.59 Å². The van der Waals surface area contributed by atoms with Crippen molar-refractivity contribution in [2.24, 2.45) is 0 Å². The van der Waals surface area contributed by atoms with Crippen molar-refractivity contribution in [3.8, 4) is 0 Å². The average Bonchev–Trinajstić information content (AvgIpc) is 2.55. The lowest BCUT2D eigenvalue weighted by Gasteiger charge is -2.39. The number of hydrogen-bond acceptors (Lipinski definition) is 2. The number of carboxylic acids is 1. The second-order valence-corrected chi connectivity index (χ2v) is 8.04. The molecule has 1 heterocycles. The van der Waals surface area contributed by atoms with E-state index < -0.39 is 5.97 Å². The first-order valence-electron chi connectivity index (χ1n) is 10.3. The summed E-state index contributed by atoms with van der Waals surface area (Å²) in [5, 5.41) is 12.1. The summed E-state index contributed by atoms with van der Waals surface area (Å²) in [5.74, 6) is -0.572. The summed E-state index contributed by atoms with van der Waals surface area (Å²) in [6, 6.07) is 0.228. The third-order valence-corrected chi connectivity index (χ3v) is 5.42. The Morgan fingerprint density at radius 3 is 2.00 bits per heavy atom. The van der Waals surface area contributed by atoms with E-state index in [1.807, 2.05) is 7.05 Å². The van der Waals surface area contributed by atoms with E-state index in [1.165, 1.54) is 44.9 Å². The molecule has 5 nitrogen and oxygen atoms in total. The highest BCUT2D eigenvalue weighted by Gasteiger charge is 2.32. The molecule has 1 fully saturated rings. The first-order valence-corrected chi connectivity index (χ1v) is 10.3. The van der Waals surface area contributed by atoms with Gasteiger partial charge in [-0.2, -0.15) is 0 Å². The number of nitrogens with one attached hydrogen (secondary N) is 1. The Hall–Kier alpha value is -1.10. The molecule has 1 amide bonds. The van der Waals surface area contributed by atoms with Crippen LogP contribution in [0.2, 0.25) is 0 Å². The first-order chi connectivity index (χ1) is 11.9. The number of hydrogen-bond donors (Lipinski definition) is 2. The van der Waals surface area contributed by atoms with Gasteiger partial charge in [0.15, 0.2) is 6.54 Å². The number of rotatable bonds is 13. The Kier molecular flexibility index (Phi) is 10.8. The molecular weight excluding hydrogens is 316 g/mol. The Labute approximate surface area is 153 Å². The van der Waals surface area contributed by atoms with Gasteiger partial charge >= 0.3 is 5.97 Å². The van der Waals surface area contributed by atoms with Crippen molar-refractivity contribution >= 4 is 11.9 Å². The third-order valence-electron chi connectivity index (χ3n) is 5.42. The van der Waals surface area contributed by atoms with E-state index in [1.54, 1.807) is 0 Å². The zero-order chi connectivity index (χ0) is 18.5. The highest BCUT2D eigenvalue weighted by Crippen LogP contribution is 2.17. The fourth-order valence-electron chi connectivity index (χ4n) is 3.72. The molecule has 0 radical (unpaired) electrons.